The van der Waals surface area contributed by atoms with Crippen molar-refractivity contribution in [3.8, 4) is 22.6 Å². The highest BCUT2D eigenvalue weighted by molar-refractivity contribution is 6.30. The van der Waals surface area contributed by atoms with Gasteiger partial charge in [0.1, 0.15) is 22.8 Å². The van der Waals surface area contributed by atoms with E-state index in [1.54, 1.807) is 62.6 Å². The number of benzene rings is 3. The summed E-state index contributed by atoms with van der Waals surface area (Å²) < 4.78 is 17.0. The van der Waals surface area contributed by atoms with Crippen LogP contribution in [0.2, 0.25) is 5.02 Å². The Morgan fingerprint density at radius 3 is 2.52 bits per heavy atom. The zero-order chi connectivity index (χ0) is 22.0. The SMILES string of the molecule is COc1ccccc1-c1c(C)oc2cc(OCC(=O)c3ccc(Cl)cc3)ccc2c1=O. The van der Waals surface area contributed by atoms with Crippen molar-refractivity contribution in [3.63, 3.8) is 0 Å². The summed E-state index contributed by atoms with van der Waals surface area (Å²) in [6.45, 7) is 1.59. The molecule has 4 rings (SSSR count). The maximum Gasteiger partial charge on any atom is 0.200 e. The molecule has 0 bridgehead atoms. The van der Waals surface area contributed by atoms with Crippen LogP contribution in [0.5, 0.6) is 11.5 Å². The van der Waals surface area contributed by atoms with E-state index in [1.165, 1.54) is 0 Å². The van der Waals surface area contributed by atoms with E-state index in [-0.39, 0.29) is 17.8 Å². The van der Waals surface area contributed by atoms with Gasteiger partial charge in [0.25, 0.3) is 0 Å². The number of hydrogen-bond acceptors (Lipinski definition) is 5. The number of rotatable bonds is 6. The fourth-order valence-electron chi connectivity index (χ4n) is 3.41. The Hall–Kier alpha value is -3.57. The molecule has 0 radical (unpaired) electrons. The maximum absolute atomic E-state index is 13.2. The van der Waals surface area contributed by atoms with Crippen molar-refractivity contribution in [3.05, 3.63) is 93.3 Å². The van der Waals surface area contributed by atoms with Crippen LogP contribution in [0.25, 0.3) is 22.1 Å². The van der Waals surface area contributed by atoms with Crippen molar-refractivity contribution in [2.45, 2.75) is 6.92 Å². The third kappa shape index (κ3) is 4.18. The third-order valence-electron chi connectivity index (χ3n) is 4.95. The van der Waals surface area contributed by atoms with Crippen molar-refractivity contribution in [2.75, 3.05) is 13.7 Å². The molecule has 1 aromatic heterocycles. The van der Waals surface area contributed by atoms with E-state index in [9.17, 15) is 9.59 Å². The number of para-hydroxylation sites is 1. The van der Waals surface area contributed by atoms with Gasteiger partial charge in [0.15, 0.2) is 12.4 Å². The molecule has 0 spiro atoms. The van der Waals surface area contributed by atoms with E-state index in [2.05, 4.69) is 0 Å². The Bertz CT molecular complexity index is 1320. The van der Waals surface area contributed by atoms with E-state index >= 15 is 0 Å². The normalized spacial score (nSPS) is 10.8. The van der Waals surface area contributed by atoms with Crippen LogP contribution in [0.15, 0.2) is 75.9 Å². The van der Waals surface area contributed by atoms with Crippen molar-refractivity contribution >= 4 is 28.4 Å². The number of hydrogen-bond donors (Lipinski definition) is 0. The number of Topliss-reactive ketones (excluding diaryl/α,β-unsaturated/α-hetero) is 1. The smallest absolute Gasteiger partial charge is 0.200 e. The molecular weight excluding hydrogens is 416 g/mol. The van der Waals surface area contributed by atoms with Crippen LogP contribution in [0.3, 0.4) is 0 Å². The molecule has 0 fully saturated rings. The molecule has 1 heterocycles. The van der Waals surface area contributed by atoms with Crippen molar-refractivity contribution < 1.29 is 18.7 Å². The number of halogens is 1. The van der Waals surface area contributed by atoms with Gasteiger partial charge in [-0.15, -0.1) is 0 Å². The van der Waals surface area contributed by atoms with E-state index in [0.29, 0.717) is 49.9 Å². The molecule has 6 heteroatoms. The average Bonchev–Trinajstić information content (AvgIpc) is 2.78. The Labute approximate surface area is 183 Å². The minimum absolute atomic E-state index is 0.143. The van der Waals surface area contributed by atoms with Crippen LogP contribution in [0, 0.1) is 6.92 Å². The lowest BCUT2D eigenvalue weighted by atomic mass is 10.0. The lowest BCUT2D eigenvalue weighted by Crippen LogP contribution is -2.12. The van der Waals surface area contributed by atoms with Crippen LogP contribution >= 0.6 is 11.6 Å². The van der Waals surface area contributed by atoms with Gasteiger partial charge >= 0.3 is 0 Å². The summed E-state index contributed by atoms with van der Waals surface area (Å²) in [7, 11) is 1.56. The summed E-state index contributed by atoms with van der Waals surface area (Å²) in [5, 5.41) is 0.979. The van der Waals surface area contributed by atoms with Crippen molar-refractivity contribution in [1.29, 1.82) is 0 Å². The first-order chi connectivity index (χ1) is 15.0. The molecule has 0 atom stereocenters. The Kier molecular flexibility index (Phi) is 5.78. The van der Waals surface area contributed by atoms with Gasteiger partial charge in [0.05, 0.1) is 18.1 Å². The van der Waals surface area contributed by atoms with Crippen molar-refractivity contribution in [1.82, 2.24) is 0 Å². The molecule has 0 aliphatic rings. The summed E-state index contributed by atoms with van der Waals surface area (Å²) in [4.78, 5) is 25.5. The number of ketones is 1. The van der Waals surface area contributed by atoms with E-state index in [1.807, 2.05) is 18.2 Å². The van der Waals surface area contributed by atoms with E-state index < -0.39 is 0 Å². The summed E-state index contributed by atoms with van der Waals surface area (Å²) in [6.07, 6.45) is 0. The minimum atomic E-state index is -0.180. The first kappa shape index (κ1) is 20.7. The lowest BCUT2D eigenvalue weighted by molar-refractivity contribution is 0.0921. The summed E-state index contributed by atoms with van der Waals surface area (Å²) in [5.41, 5.74) is 1.86. The topological polar surface area (TPSA) is 65.7 Å². The summed E-state index contributed by atoms with van der Waals surface area (Å²) in [6, 6.07) is 18.8. The predicted octanol–water partition coefficient (Wildman–Crippen LogP) is 5.69. The van der Waals surface area contributed by atoms with Gasteiger partial charge in [-0.05, 0) is 49.4 Å². The average molecular weight is 435 g/mol. The molecule has 0 saturated heterocycles. The van der Waals surface area contributed by atoms with Crippen LogP contribution < -0.4 is 14.9 Å². The molecule has 0 N–H and O–H groups in total. The molecule has 4 aromatic rings. The number of aryl methyl sites for hydroxylation is 1. The first-order valence-electron chi connectivity index (χ1n) is 9.60. The predicted molar refractivity (Wildman–Crippen MR) is 120 cm³/mol. The summed E-state index contributed by atoms with van der Waals surface area (Å²) in [5.74, 6) is 1.32. The van der Waals surface area contributed by atoms with Crippen LogP contribution in [0.4, 0.5) is 0 Å². The number of carbonyl (C=O) groups is 1. The molecular formula is C25H19ClO5. The van der Waals surface area contributed by atoms with Gasteiger partial charge in [0, 0.05) is 22.2 Å². The minimum Gasteiger partial charge on any atom is -0.496 e. The van der Waals surface area contributed by atoms with Gasteiger partial charge in [-0.2, -0.15) is 0 Å². The summed E-state index contributed by atoms with van der Waals surface area (Å²) >= 11 is 5.85. The van der Waals surface area contributed by atoms with Gasteiger partial charge in [0.2, 0.25) is 5.43 Å². The van der Waals surface area contributed by atoms with Crippen molar-refractivity contribution in [2.24, 2.45) is 0 Å². The van der Waals surface area contributed by atoms with Crippen LogP contribution in [0.1, 0.15) is 16.1 Å². The molecule has 0 unspecified atom stereocenters. The molecule has 5 nitrogen and oxygen atoms in total. The van der Waals surface area contributed by atoms with E-state index in [0.717, 1.165) is 0 Å². The number of methoxy groups -OCH3 is 1. The Balaban J connectivity index is 1.64. The molecule has 0 amide bonds. The third-order valence-corrected chi connectivity index (χ3v) is 5.20. The fourth-order valence-corrected chi connectivity index (χ4v) is 3.53. The van der Waals surface area contributed by atoms with Gasteiger partial charge in [-0.25, -0.2) is 0 Å². The fraction of sp³-hybridized carbons (Fsp3) is 0.120. The Morgan fingerprint density at radius 1 is 1.03 bits per heavy atom. The molecule has 0 saturated carbocycles. The molecule has 3 aromatic carbocycles. The quantitative estimate of drug-likeness (QED) is 0.364. The standard InChI is InChI=1S/C25H19ClO5/c1-15-24(19-5-3-4-6-22(19)29-2)25(28)20-12-11-18(13-23(20)31-15)30-14-21(27)16-7-9-17(26)10-8-16/h3-13H,14H2,1-2H3. The molecule has 31 heavy (non-hydrogen) atoms. The number of fused-ring (bicyclic) bond motifs is 1. The van der Waals surface area contributed by atoms with Gasteiger partial charge < -0.3 is 13.9 Å². The zero-order valence-corrected chi connectivity index (χ0v) is 17.7. The highest BCUT2D eigenvalue weighted by Gasteiger charge is 2.17. The monoisotopic (exact) mass is 434 g/mol. The second kappa shape index (κ2) is 8.66. The molecule has 0 aliphatic carbocycles. The second-order valence-corrected chi connectivity index (χ2v) is 7.38. The highest BCUT2D eigenvalue weighted by Crippen LogP contribution is 2.32. The highest BCUT2D eigenvalue weighted by atomic mass is 35.5. The van der Waals surface area contributed by atoms with E-state index in [4.69, 9.17) is 25.5 Å². The van der Waals surface area contributed by atoms with Crippen LogP contribution in [-0.2, 0) is 0 Å². The number of carbonyl (C=O) groups excluding carboxylic acids is 1. The molecule has 0 aliphatic heterocycles. The zero-order valence-electron chi connectivity index (χ0n) is 17.0. The maximum atomic E-state index is 13.2. The lowest BCUT2D eigenvalue weighted by Gasteiger charge is -2.11. The second-order valence-electron chi connectivity index (χ2n) is 6.94. The Morgan fingerprint density at radius 2 is 1.77 bits per heavy atom. The molecule has 156 valence electrons. The van der Waals surface area contributed by atoms with Crippen LogP contribution in [-0.4, -0.2) is 19.5 Å². The van der Waals surface area contributed by atoms with Gasteiger partial charge in [-0.1, -0.05) is 29.8 Å². The van der Waals surface area contributed by atoms with Gasteiger partial charge in [-0.3, -0.25) is 9.59 Å². The number of ether oxygens (including phenoxy) is 2. The first-order valence-corrected chi connectivity index (χ1v) is 9.98. The largest absolute Gasteiger partial charge is 0.496 e.